The van der Waals surface area contributed by atoms with Crippen molar-refractivity contribution in [3.63, 3.8) is 0 Å². The molecule has 0 atom stereocenters. The summed E-state index contributed by atoms with van der Waals surface area (Å²) in [4.78, 5) is 33.2. The van der Waals surface area contributed by atoms with Crippen LogP contribution < -0.4 is 9.47 Å². The number of carbonyl (C=O) groups is 2. The highest BCUT2D eigenvalue weighted by atomic mass is 32.1. The van der Waals surface area contributed by atoms with E-state index in [1.807, 2.05) is 83.8 Å². The topological polar surface area (TPSA) is 59.1 Å². The summed E-state index contributed by atoms with van der Waals surface area (Å²) in [6, 6.07) is 27.6. The Bertz CT molecular complexity index is 1430. The Labute approximate surface area is 259 Å². The summed E-state index contributed by atoms with van der Waals surface area (Å²) >= 11 is 1.65. The van der Waals surface area contributed by atoms with Crippen molar-refractivity contribution < 1.29 is 19.1 Å². The van der Waals surface area contributed by atoms with Gasteiger partial charge in [0.05, 0.1) is 33.2 Å². The Morgan fingerprint density at radius 3 is 1.98 bits per heavy atom. The second-order valence-corrected chi connectivity index (χ2v) is 12.1. The molecule has 2 amide bonds. The first-order valence-corrected chi connectivity index (χ1v) is 15.6. The molecule has 6 nitrogen and oxygen atoms in total. The Hall–Kier alpha value is -4.10. The molecule has 0 spiro atoms. The highest BCUT2D eigenvalue weighted by Crippen LogP contribution is 2.29. The van der Waals surface area contributed by atoms with E-state index in [-0.39, 0.29) is 24.3 Å². The van der Waals surface area contributed by atoms with Crippen LogP contribution in [0.15, 0.2) is 90.3 Å². The van der Waals surface area contributed by atoms with E-state index in [2.05, 4.69) is 32.2 Å². The third-order valence-corrected chi connectivity index (χ3v) is 8.52. The molecule has 7 heteroatoms. The van der Waals surface area contributed by atoms with Crippen molar-refractivity contribution in [2.75, 3.05) is 33.9 Å². The number of thiophene rings is 1. The maximum atomic E-state index is 14.4. The van der Waals surface area contributed by atoms with Crippen molar-refractivity contribution in [2.24, 2.45) is 5.92 Å². The van der Waals surface area contributed by atoms with Crippen LogP contribution in [0, 0.1) is 12.8 Å². The SMILES string of the molecule is COc1ccc(CCN(Cc2sccc2C)C(=O)CN(CC(C)C)C(=O)C(c2ccccc2)c2ccccc2)cc1OC. The molecular weight excluding hydrogens is 556 g/mol. The highest BCUT2D eigenvalue weighted by Gasteiger charge is 2.30. The molecule has 0 fully saturated rings. The summed E-state index contributed by atoms with van der Waals surface area (Å²) in [6.45, 7) is 7.74. The van der Waals surface area contributed by atoms with Gasteiger partial charge in [0.15, 0.2) is 11.5 Å². The fraction of sp³-hybridized carbons (Fsp3) is 0.333. The minimum absolute atomic E-state index is 0.0174. The van der Waals surface area contributed by atoms with Crippen LogP contribution in [0.1, 0.15) is 46.9 Å². The molecule has 0 aliphatic carbocycles. The molecule has 43 heavy (non-hydrogen) atoms. The standard InChI is InChI=1S/C36H42N2O4S/c1-26(2)23-38(36(40)35(29-12-8-6-9-13-29)30-14-10-7-11-15-30)25-34(39)37(24-33-27(3)19-21-43-33)20-18-28-16-17-31(41-4)32(22-28)42-5/h6-17,19,21-22,26,35H,18,20,23-25H2,1-5H3. The molecule has 1 aromatic heterocycles. The van der Waals surface area contributed by atoms with E-state index in [1.54, 1.807) is 30.5 Å². The molecule has 0 aliphatic heterocycles. The molecule has 4 rings (SSSR count). The quantitative estimate of drug-likeness (QED) is 0.157. The van der Waals surface area contributed by atoms with Gasteiger partial charge in [0.2, 0.25) is 11.8 Å². The van der Waals surface area contributed by atoms with Gasteiger partial charge in [-0.2, -0.15) is 0 Å². The van der Waals surface area contributed by atoms with Crippen LogP contribution in [-0.2, 0) is 22.6 Å². The summed E-state index contributed by atoms with van der Waals surface area (Å²) in [7, 11) is 3.24. The van der Waals surface area contributed by atoms with Crippen molar-refractivity contribution in [3.05, 3.63) is 117 Å². The number of hydrogen-bond acceptors (Lipinski definition) is 5. The molecule has 1 heterocycles. The van der Waals surface area contributed by atoms with E-state index in [4.69, 9.17) is 9.47 Å². The molecule has 0 N–H and O–H groups in total. The van der Waals surface area contributed by atoms with Crippen molar-refractivity contribution >= 4 is 23.2 Å². The fourth-order valence-corrected chi connectivity index (χ4v) is 6.14. The van der Waals surface area contributed by atoms with Crippen LogP contribution in [0.4, 0.5) is 0 Å². The average molecular weight is 599 g/mol. The van der Waals surface area contributed by atoms with Crippen molar-refractivity contribution in [1.82, 2.24) is 9.80 Å². The predicted molar refractivity (Wildman–Crippen MR) is 174 cm³/mol. The van der Waals surface area contributed by atoms with Crippen LogP contribution in [0.25, 0.3) is 0 Å². The lowest BCUT2D eigenvalue weighted by atomic mass is 9.89. The number of nitrogens with zero attached hydrogens (tertiary/aromatic N) is 2. The van der Waals surface area contributed by atoms with Gasteiger partial charge >= 0.3 is 0 Å². The number of methoxy groups -OCH3 is 2. The predicted octanol–water partition coefficient (Wildman–Crippen LogP) is 6.96. The number of ether oxygens (including phenoxy) is 2. The van der Waals surface area contributed by atoms with E-state index >= 15 is 0 Å². The van der Waals surface area contributed by atoms with E-state index in [0.29, 0.717) is 37.6 Å². The van der Waals surface area contributed by atoms with Crippen LogP contribution in [0.2, 0.25) is 0 Å². The van der Waals surface area contributed by atoms with Crippen molar-refractivity contribution in [1.29, 1.82) is 0 Å². The van der Waals surface area contributed by atoms with E-state index in [9.17, 15) is 9.59 Å². The van der Waals surface area contributed by atoms with Gasteiger partial charge in [-0.3, -0.25) is 9.59 Å². The molecular formula is C36H42N2O4S. The monoisotopic (exact) mass is 598 g/mol. The van der Waals surface area contributed by atoms with E-state index in [0.717, 1.165) is 27.1 Å². The lowest BCUT2D eigenvalue weighted by Crippen LogP contribution is -2.46. The highest BCUT2D eigenvalue weighted by molar-refractivity contribution is 7.10. The summed E-state index contributed by atoms with van der Waals surface area (Å²) in [5.74, 6) is 0.905. The average Bonchev–Trinajstić information content (AvgIpc) is 3.43. The third kappa shape index (κ3) is 8.48. The molecule has 226 valence electrons. The lowest BCUT2D eigenvalue weighted by molar-refractivity contribution is -0.141. The number of amides is 2. The zero-order valence-corrected chi connectivity index (χ0v) is 26.6. The van der Waals surface area contributed by atoms with E-state index in [1.165, 1.54) is 0 Å². The fourth-order valence-electron chi connectivity index (χ4n) is 5.22. The van der Waals surface area contributed by atoms with Crippen LogP contribution in [0.5, 0.6) is 11.5 Å². The van der Waals surface area contributed by atoms with Crippen molar-refractivity contribution in [3.8, 4) is 11.5 Å². The molecule has 0 radical (unpaired) electrons. The summed E-state index contributed by atoms with van der Waals surface area (Å²) in [6.07, 6.45) is 0.644. The summed E-state index contributed by atoms with van der Waals surface area (Å²) in [5.41, 5.74) is 4.04. The minimum Gasteiger partial charge on any atom is -0.493 e. The van der Waals surface area contributed by atoms with Gasteiger partial charge in [0.25, 0.3) is 0 Å². The largest absolute Gasteiger partial charge is 0.493 e. The first-order chi connectivity index (χ1) is 20.8. The maximum absolute atomic E-state index is 14.4. The van der Waals surface area contributed by atoms with Crippen LogP contribution in [-0.4, -0.2) is 55.5 Å². The zero-order chi connectivity index (χ0) is 30.8. The minimum atomic E-state index is -0.492. The summed E-state index contributed by atoms with van der Waals surface area (Å²) < 4.78 is 10.9. The molecule has 0 unspecified atom stereocenters. The Kier molecular flexibility index (Phi) is 11.4. The number of carbonyl (C=O) groups excluding carboxylic acids is 2. The first-order valence-electron chi connectivity index (χ1n) is 14.7. The molecule has 0 bridgehead atoms. The Morgan fingerprint density at radius 1 is 0.814 bits per heavy atom. The van der Waals surface area contributed by atoms with Gasteiger partial charge in [-0.05, 0) is 65.1 Å². The molecule has 4 aromatic rings. The maximum Gasteiger partial charge on any atom is 0.242 e. The van der Waals surface area contributed by atoms with Gasteiger partial charge in [-0.1, -0.05) is 80.6 Å². The molecule has 0 saturated carbocycles. The van der Waals surface area contributed by atoms with Crippen LogP contribution >= 0.6 is 11.3 Å². The normalized spacial score (nSPS) is 11.0. The first kappa shape index (κ1) is 31.8. The summed E-state index contributed by atoms with van der Waals surface area (Å²) in [5, 5.41) is 2.06. The van der Waals surface area contributed by atoms with Gasteiger partial charge in [0.1, 0.15) is 0 Å². The van der Waals surface area contributed by atoms with Crippen molar-refractivity contribution in [2.45, 2.75) is 39.7 Å². The zero-order valence-electron chi connectivity index (χ0n) is 25.8. The Morgan fingerprint density at radius 2 is 1.44 bits per heavy atom. The van der Waals surface area contributed by atoms with E-state index < -0.39 is 5.92 Å². The second kappa shape index (κ2) is 15.4. The lowest BCUT2D eigenvalue weighted by Gasteiger charge is -2.31. The molecule has 0 saturated heterocycles. The molecule has 0 aliphatic rings. The van der Waals surface area contributed by atoms with Gasteiger partial charge in [-0.15, -0.1) is 11.3 Å². The number of aryl methyl sites for hydroxylation is 1. The number of benzene rings is 3. The Balaban J connectivity index is 1.61. The number of hydrogen-bond donors (Lipinski definition) is 0. The molecule has 3 aromatic carbocycles. The van der Waals surface area contributed by atoms with Crippen LogP contribution in [0.3, 0.4) is 0 Å². The van der Waals surface area contributed by atoms with Gasteiger partial charge in [-0.25, -0.2) is 0 Å². The second-order valence-electron chi connectivity index (χ2n) is 11.1. The smallest absolute Gasteiger partial charge is 0.242 e. The van der Waals surface area contributed by atoms with Gasteiger partial charge < -0.3 is 19.3 Å². The number of rotatable bonds is 14. The van der Waals surface area contributed by atoms with Gasteiger partial charge in [0, 0.05) is 18.0 Å². The third-order valence-electron chi connectivity index (χ3n) is 7.51.